The molecule has 0 bridgehead atoms. The molecule has 1 fully saturated rings. The Balaban J connectivity index is 1.84. The van der Waals surface area contributed by atoms with Gasteiger partial charge in [0.05, 0.1) is 0 Å². The first-order valence-electron chi connectivity index (χ1n) is 7.88. The van der Waals surface area contributed by atoms with Crippen molar-refractivity contribution < 1.29 is 4.79 Å². The number of hydrogen-bond acceptors (Lipinski definition) is 3. The molecule has 1 amide bonds. The van der Waals surface area contributed by atoms with Gasteiger partial charge in [0.25, 0.3) is 0 Å². The van der Waals surface area contributed by atoms with Gasteiger partial charge in [0.2, 0.25) is 5.91 Å². The molecule has 4 nitrogen and oxygen atoms in total. The van der Waals surface area contributed by atoms with Crippen LogP contribution in [0, 0.1) is 5.92 Å². The maximum Gasteiger partial charge on any atom is 0.224 e. The average Bonchev–Trinajstić information content (AvgIpc) is 2.48. The van der Waals surface area contributed by atoms with E-state index in [1.807, 2.05) is 32.3 Å². The number of hydrogen-bond donors (Lipinski definition) is 2. The second-order valence-corrected chi connectivity index (χ2v) is 6.18. The summed E-state index contributed by atoms with van der Waals surface area (Å²) in [7, 11) is 4.07. The van der Waals surface area contributed by atoms with Crippen LogP contribution < -0.4 is 10.6 Å². The molecule has 1 aliphatic heterocycles. The number of anilines is 1. The molecule has 2 rings (SSSR count). The Labute approximate surface area is 127 Å². The Hall–Kier alpha value is -1.39. The van der Waals surface area contributed by atoms with E-state index in [-0.39, 0.29) is 5.91 Å². The van der Waals surface area contributed by atoms with Gasteiger partial charge in [0.15, 0.2) is 0 Å². The largest absolute Gasteiger partial charge is 0.326 e. The molecule has 0 aliphatic carbocycles. The van der Waals surface area contributed by atoms with Crippen LogP contribution in [0.3, 0.4) is 0 Å². The van der Waals surface area contributed by atoms with E-state index >= 15 is 0 Å². The quantitative estimate of drug-likeness (QED) is 0.845. The summed E-state index contributed by atoms with van der Waals surface area (Å²) in [4.78, 5) is 14.3. The molecule has 0 saturated carbocycles. The summed E-state index contributed by atoms with van der Waals surface area (Å²) in [6, 6.07) is 8.05. The number of nitrogens with one attached hydrogen (secondary N) is 2. The van der Waals surface area contributed by atoms with Gasteiger partial charge in [-0.2, -0.15) is 0 Å². The molecule has 1 aromatic rings. The topological polar surface area (TPSA) is 44.4 Å². The smallest absolute Gasteiger partial charge is 0.224 e. The Bertz CT molecular complexity index is 453. The zero-order valence-electron chi connectivity index (χ0n) is 13.2. The van der Waals surface area contributed by atoms with E-state index in [1.165, 1.54) is 12.8 Å². The average molecular weight is 289 g/mol. The zero-order valence-corrected chi connectivity index (χ0v) is 13.2. The van der Waals surface area contributed by atoms with Gasteiger partial charge in [-0.15, -0.1) is 0 Å². The van der Waals surface area contributed by atoms with Crippen molar-refractivity contribution >= 4 is 11.6 Å². The van der Waals surface area contributed by atoms with Crippen molar-refractivity contribution in [2.75, 3.05) is 32.5 Å². The van der Waals surface area contributed by atoms with E-state index in [0.29, 0.717) is 12.3 Å². The summed E-state index contributed by atoms with van der Waals surface area (Å²) >= 11 is 0. The highest BCUT2D eigenvalue weighted by atomic mass is 16.1. The van der Waals surface area contributed by atoms with E-state index in [4.69, 9.17) is 0 Å². The maximum absolute atomic E-state index is 12.2. The van der Waals surface area contributed by atoms with Gasteiger partial charge in [-0.3, -0.25) is 4.79 Å². The molecule has 0 unspecified atom stereocenters. The minimum absolute atomic E-state index is 0.139. The third kappa shape index (κ3) is 5.48. The molecular weight excluding hydrogens is 262 g/mol. The lowest BCUT2D eigenvalue weighted by Gasteiger charge is -2.22. The monoisotopic (exact) mass is 289 g/mol. The normalized spacial score (nSPS) is 16.1. The van der Waals surface area contributed by atoms with E-state index in [2.05, 4.69) is 21.6 Å². The molecule has 0 radical (unpaired) electrons. The molecule has 1 saturated heterocycles. The Kier molecular flexibility index (Phi) is 6.21. The van der Waals surface area contributed by atoms with Crippen LogP contribution in [-0.4, -0.2) is 38.0 Å². The minimum atomic E-state index is 0.139. The third-order valence-electron chi connectivity index (χ3n) is 4.02. The predicted octanol–water partition coefficient (Wildman–Crippen LogP) is 2.47. The van der Waals surface area contributed by atoms with E-state index in [1.54, 1.807) is 0 Å². The molecule has 1 heterocycles. The second kappa shape index (κ2) is 8.15. The van der Waals surface area contributed by atoms with Crippen LogP contribution >= 0.6 is 0 Å². The molecule has 0 spiro atoms. The summed E-state index contributed by atoms with van der Waals surface area (Å²) in [6.07, 6.45) is 4.03. The van der Waals surface area contributed by atoms with Crippen molar-refractivity contribution in [3.8, 4) is 0 Å². The lowest BCUT2D eigenvalue weighted by molar-refractivity contribution is -0.116. The van der Waals surface area contributed by atoms with Crippen LogP contribution in [0.4, 0.5) is 5.69 Å². The van der Waals surface area contributed by atoms with Crippen LogP contribution in [-0.2, 0) is 11.3 Å². The fourth-order valence-electron chi connectivity index (χ4n) is 2.84. The van der Waals surface area contributed by atoms with Crippen LogP contribution in [0.15, 0.2) is 24.3 Å². The van der Waals surface area contributed by atoms with Gasteiger partial charge in [0.1, 0.15) is 0 Å². The van der Waals surface area contributed by atoms with Gasteiger partial charge in [0, 0.05) is 18.7 Å². The summed E-state index contributed by atoms with van der Waals surface area (Å²) in [5, 5.41) is 6.44. The van der Waals surface area contributed by atoms with Gasteiger partial charge in [-0.05, 0) is 64.0 Å². The molecule has 2 N–H and O–H groups in total. The molecule has 1 aliphatic rings. The fraction of sp³-hybridized carbons (Fsp3) is 0.588. The number of carbonyl (C=O) groups excluding carboxylic acids is 1. The van der Waals surface area contributed by atoms with Crippen molar-refractivity contribution in [1.82, 2.24) is 10.2 Å². The fourth-order valence-corrected chi connectivity index (χ4v) is 2.84. The number of amides is 1. The van der Waals surface area contributed by atoms with E-state index in [9.17, 15) is 4.79 Å². The highest BCUT2D eigenvalue weighted by molar-refractivity contribution is 5.91. The van der Waals surface area contributed by atoms with Gasteiger partial charge in [-0.1, -0.05) is 18.2 Å². The van der Waals surface area contributed by atoms with Crippen molar-refractivity contribution in [3.05, 3.63) is 29.8 Å². The summed E-state index contributed by atoms with van der Waals surface area (Å²) < 4.78 is 0. The van der Waals surface area contributed by atoms with E-state index in [0.717, 1.165) is 37.3 Å². The first-order chi connectivity index (χ1) is 10.1. The molecule has 1 aromatic carbocycles. The van der Waals surface area contributed by atoms with Crippen molar-refractivity contribution in [2.24, 2.45) is 5.92 Å². The number of nitrogens with zero attached hydrogens (tertiary/aromatic N) is 1. The molecule has 21 heavy (non-hydrogen) atoms. The SMILES string of the molecule is CN(C)Cc1ccccc1NC(=O)CCC1CCNCC1. The standard InChI is InChI=1S/C17H27N3O/c1-20(2)13-15-5-3-4-6-16(15)19-17(21)8-7-14-9-11-18-12-10-14/h3-6,14,18H,7-13H2,1-2H3,(H,19,21). The highest BCUT2D eigenvalue weighted by Crippen LogP contribution is 2.20. The lowest BCUT2D eigenvalue weighted by Crippen LogP contribution is -2.28. The van der Waals surface area contributed by atoms with Crippen LogP contribution in [0.1, 0.15) is 31.2 Å². The maximum atomic E-state index is 12.2. The number of benzene rings is 1. The van der Waals surface area contributed by atoms with Crippen LogP contribution in [0.2, 0.25) is 0 Å². The molecule has 4 heteroatoms. The predicted molar refractivity (Wildman–Crippen MR) is 87.3 cm³/mol. The summed E-state index contributed by atoms with van der Waals surface area (Å²) in [5.74, 6) is 0.841. The Morgan fingerprint density at radius 3 is 2.71 bits per heavy atom. The van der Waals surface area contributed by atoms with Crippen LogP contribution in [0.5, 0.6) is 0 Å². The summed E-state index contributed by atoms with van der Waals surface area (Å²) in [6.45, 7) is 3.03. The van der Waals surface area contributed by atoms with Crippen molar-refractivity contribution in [1.29, 1.82) is 0 Å². The number of rotatable bonds is 6. The molecule has 116 valence electrons. The number of piperidine rings is 1. The second-order valence-electron chi connectivity index (χ2n) is 6.18. The zero-order chi connectivity index (χ0) is 15.1. The molecular formula is C17H27N3O. The number of carbonyl (C=O) groups is 1. The van der Waals surface area contributed by atoms with E-state index < -0.39 is 0 Å². The Morgan fingerprint density at radius 1 is 1.29 bits per heavy atom. The lowest BCUT2D eigenvalue weighted by atomic mass is 9.93. The number of para-hydroxylation sites is 1. The molecule has 0 aromatic heterocycles. The highest BCUT2D eigenvalue weighted by Gasteiger charge is 2.15. The third-order valence-corrected chi connectivity index (χ3v) is 4.02. The Morgan fingerprint density at radius 2 is 2.00 bits per heavy atom. The molecule has 0 atom stereocenters. The minimum Gasteiger partial charge on any atom is -0.326 e. The van der Waals surface area contributed by atoms with Gasteiger partial charge in [-0.25, -0.2) is 0 Å². The van der Waals surface area contributed by atoms with Crippen molar-refractivity contribution in [2.45, 2.75) is 32.2 Å². The van der Waals surface area contributed by atoms with Crippen LogP contribution in [0.25, 0.3) is 0 Å². The first kappa shape index (κ1) is 16.0. The van der Waals surface area contributed by atoms with Crippen molar-refractivity contribution in [3.63, 3.8) is 0 Å². The summed E-state index contributed by atoms with van der Waals surface area (Å²) in [5.41, 5.74) is 2.11. The van der Waals surface area contributed by atoms with Gasteiger partial charge < -0.3 is 15.5 Å². The van der Waals surface area contributed by atoms with Gasteiger partial charge >= 0.3 is 0 Å². The first-order valence-corrected chi connectivity index (χ1v) is 7.88.